The van der Waals surface area contributed by atoms with Crippen molar-refractivity contribution in [2.45, 2.75) is 109 Å². The van der Waals surface area contributed by atoms with Crippen LogP contribution in [-0.4, -0.2) is 40.6 Å². The Morgan fingerprint density at radius 3 is 1.88 bits per heavy atom. The zero-order valence-electron chi connectivity index (χ0n) is 15.7. The van der Waals surface area contributed by atoms with Crippen molar-refractivity contribution in [2.75, 3.05) is 0 Å². The van der Waals surface area contributed by atoms with Crippen LogP contribution in [0.5, 0.6) is 0 Å². The number of hydrogen-bond donors (Lipinski definition) is 3. The molecule has 0 saturated heterocycles. The Morgan fingerprint density at radius 2 is 1.33 bits per heavy atom. The standard InChI is InChI=1S/C18H38O5S/c1-4-6-8-9-11-13-17(24(21,22)23)18(20)16(19)14-15(3)12-10-7-5-2/h15-20H,4-14H2,1-3H3,(H,21,22,23). The van der Waals surface area contributed by atoms with Gasteiger partial charge in [-0.1, -0.05) is 78.6 Å². The summed E-state index contributed by atoms with van der Waals surface area (Å²) in [4.78, 5) is 0. The second-order valence-corrected chi connectivity index (χ2v) is 8.79. The molecule has 0 aliphatic heterocycles. The lowest BCUT2D eigenvalue weighted by Gasteiger charge is -2.26. The smallest absolute Gasteiger partial charge is 0.270 e. The third kappa shape index (κ3) is 10.6. The van der Waals surface area contributed by atoms with Gasteiger partial charge in [0.05, 0.1) is 12.2 Å². The molecule has 0 heterocycles. The molecule has 24 heavy (non-hydrogen) atoms. The van der Waals surface area contributed by atoms with Crippen LogP contribution < -0.4 is 0 Å². The lowest BCUT2D eigenvalue weighted by molar-refractivity contribution is 0.000753. The van der Waals surface area contributed by atoms with Gasteiger partial charge >= 0.3 is 0 Å². The van der Waals surface area contributed by atoms with Gasteiger partial charge in [-0.25, -0.2) is 0 Å². The van der Waals surface area contributed by atoms with Crippen molar-refractivity contribution in [3.8, 4) is 0 Å². The molecule has 0 rings (SSSR count). The van der Waals surface area contributed by atoms with Crippen LogP contribution in [0.2, 0.25) is 0 Å². The first-order valence-electron chi connectivity index (χ1n) is 9.56. The van der Waals surface area contributed by atoms with Gasteiger partial charge in [-0.05, 0) is 18.8 Å². The molecule has 146 valence electrons. The second-order valence-electron chi connectivity index (χ2n) is 7.15. The van der Waals surface area contributed by atoms with Crippen molar-refractivity contribution in [3.05, 3.63) is 0 Å². The summed E-state index contributed by atoms with van der Waals surface area (Å²) >= 11 is 0. The molecular formula is C18H38O5S. The first kappa shape index (κ1) is 23.8. The summed E-state index contributed by atoms with van der Waals surface area (Å²) in [6.45, 7) is 6.22. The van der Waals surface area contributed by atoms with Crippen LogP contribution in [0.3, 0.4) is 0 Å². The summed E-state index contributed by atoms with van der Waals surface area (Å²) in [5.41, 5.74) is 0. The van der Waals surface area contributed by atoms with E-state index in [1.165, 1.54) is 0 Å². The molecule has 5 nitrogen and oxygen atoms in total. The van der Waals surface area contributed by atoms with E-state index >= 15 is 0 Å². The molecule has 4 atom stereocenters. The maximum absolute atomic E-state index is 11.6. The SMILES string of the molecule is CCCCCCCC(C(O)C(O)CC(C)CCCCC)S(=O)(=O)O. The predicted octanol–water partition coefficient (Wildman–Crippen LogP) is 3.93. The van der Waals surface area contributed by atoms with E-state index in [1.54, 1.807) is 0 Å². The highest BCUT2D eigenvalue weighted by atomic mass is 32.2. The van der Waals surface area contributed by atoms with Crippen LogP contribution in [0.25, 0.3) is 0 Å². The number of rotatable bonds is 15. The fourth-order valence-electron chi connectivity index (χ4n) is 3.11. The van der Waals surface area contributed by atoms with Gasteiger partial charge in [0.1, 0.15) is 5.25 Å². The summed E-state index contributed by atoms with van der Waals surface area (Å²) < 4.78 is 32.6. The van der Waals surface area contributed by atoms with Gasteiger partial charge in [-0.3, -0.25) is 4.55 Å². The average molecular weight is 367 g/mol. The second kappa shape index (κ2) is 13.1. The predicted molar refractivity (Wildman–Crippen MR) is 98.6 cm³/mol. The van der Waals surface area contributed by atoms with Crippen molar-refractivity contribution >= 4 is 10.1 Å². The van der Waals surface area contributed by atoms with E-state index in [9.17, 15) is 23.2 Å². The number of aliphatic hydroxyl groups is 2. The minimum atomic E-state index is -4.37. The molecule has 0 radical (unpaired) electrons. The average Bonchev–Trinajstić information content (AvgIpc) is 2.49. The van der Waals surface area contributed by atoms with E-state index in [-0.39, 0.29) is 12.3 Å². The fraction of sp³-hybridized carbons (Fsp3) is 1.00. The van der Waals surface area contributed by atoms with Crippen LogP contribution in [0, 0.1) is 5.92 Å². The maximum atomic E-state index is 11.6. The Kier molecular flexibility index (Phi) is 13.0. The van der Waals surface area contributed by atoms with Gasteiger partial charge in [-0.15, -0.1) is 0 Å². The molecular weight excluding hydrogens is 328 g/mol. The molecule has 3 N–H and O–H groups in total. The monoisotopic (exact) mass is 366 g/mol. The molecule has 0 spiro atoms. The Labute approximate surface area is 148 Å². The number of unbranched alkanes of at least 4 members (excludes halogenated alkanes) is 6. The van der Waals surface area contributed by atoms with E-state index < -0.39 is 27.6 Å². The Hall–Kier alpha value is -0.170. The molecule has 0 amide bonds. The van der Waals surface area contributed by atoms with Crippen LogP contribution in [0.4, 0.5) is 0 Å². The highest BCUT2D eigenvalue weighted by Crippen LogP contribution is 2.22. The molecule has 0 aromatic carbocycles. The zero-order chi connectivity index (χ0) is 18.6. The maximum Gasteiger partial charge on any atom is 0.270 e. The van der Waals surface area contributed by atoms with E-state index in [0.29, 0.717) is 12.8 Å². The van der Waals surface area contributed by atoms with Crippen molar-refractivity contribution < 1.29 is 23.2 Å². The van der Waals surface area contributed by atoms with E-state index in [1.807, 2.05) is 6.92 Å². The van der Waals surface area contributed by atoms with Crippen molar-refractivity contribution in [1.82, 2.24) is 0 Å². The zero-order valence-corrected chi connectivity index (χ0v) is 16.5. The third-order valence-electron chi connectivity index (χ3n) is 4.69. The van der Waals surface area contributed by atoms with Crippen LogP contribution in [0.1, 0.15) is 91.4 Å². The molecule has 6 heteroatoms. The van der Waals surface area contributed by atoms with Crippen molar-refractivity contribution in [3.63, 3.8) is 0 Å². The quantitative estimate of drug-likeness (QED) is 0.301. The molecule has 0 saturated carbocycles. The molecule has 0 aliphatic rings. The Bertz CT molecular complexity index is 396. The van der Waals surface area contributed by atoms with Crippen LogP contribution in [-0.2, 0) is 10.1 Å². The Morgan fingerprint density at radius 1 is 0.833 bits per heavy atom. The third-order valence-corrected chi connectivity index (χ3v) is 5.97. The van der Waals surface area contributed by atoms with E-state index in [2.05, 4.69) is 13.8 Å². The number of hydrogen-bond acceptors (Lipinski definition) is 4. The van der Waals surface area contributed by atoms with Gasteiger partial charge < -0.3 is 10.2 Å². The molecule has 0 aromatic rings. The molecule has 0 fully saturated rings. The number of aliphatic hydroxyl groups excluding tert-OH is 2. The first-order chi connectivity index (χ1) is 11.2. The molecule has 0 aliphatic carbocycles. The fourth-order valence-corrected chi connectivity index (χ4v) is 4.10. The highest BCUT2D eigenvalue weighted by molar-refractivity contribution is 7.86. The minimum Gasteiger partial charge on any atom is -0.390 e. The lowest BCUT2D eigenvalue weighted by Crippen LogP contribution is -2.42. The highest BCUT2D eigenvalue weighted by Gasteiger charge is 2.35. The van der Waals surface area contributed by atoms with Crippen molar-refractivity contribution in [2.24, 2.45) is 5.92 Å². The van der Waals surface area contributed by atoms with Gasteiger partial charge in [-0.2, -0.15) is 8.42 Å². The van der Waals surface area contributed by atoms with Crippen molar-refractivity contribution in [1.29, 1.82) is 0 Å². The molecule has 0 aromatic heterocycles. The largest absolute Gasteiger partial charge is 0.390 e. The molecule has 4 unspecified atom stereocenters. The van der Waals surface area contributed by atoms with E-state index in [0.717, 1.165) is 51.4 Å². The van der Waals surface area contributed by atoms with Crippen LogP contribution in [0.15, 0.2) is 0 Å². The first-order valence-corrected chi connectivity index (χ1v) is 11.1. The summed E-state index contributed by atoms with van der Waals surface area (Å²) in [5, 5.41) is 19.1. The summed E-state index contributed by atoms with van der Waals surface area (Å²) in [6.07, 6.45) is 6.97. The topological polar surface area (TPSA) is 94.8 Å². The minimum absolute atomic E-state index is 0.186. The summed E-state index contributed by atoms with van der Waals surface area (Å²) in [5.74, 6) is 0.216. The van der Waals surface area contributed by atoms with Gasteiger partial charge in [0.15, 0.2) is 0 Å². The van der Waals surface area contributed by atoms with E-state index in [4.69, 9.17) is 0 Å². The Balaban J connectivity index is 4.49. The normalized spacial score (nSPS) is 17.4. The molecule has 0 bridgehead atoms. The van der Waals surface area contributed by atoms with Gasteiger partial charge in [0, 0.05) is 0 Å². The summed E-state index contributed by atoms with van der Waals surface area (Å²) in [7, 11) is -4.37. The summed E-state index contributed by atoms with van der Waals surface area (Å²) in [6, 6.07) is 0. The van der Waals surface area contributed by atoms with Gasteiger partial charge in [0.25, 0.3) is 10.1 Å². The lowest BCUT2D eigenvalue weighted by atomic mass is 9.93. The van der Waals surface area contributed by atoms with Crippen LogP contribution >= 0.6 is 0 Å². The van der Waals surface area contributed by atoms with Gasteiger partial charge in [0.2, 0.25) is 0 Å².